The van der Waals surface area contributed by atoms with Crippen LogP contribution >= 0.6 is 0 Å². The lowest BCUT2D eigenvalue weighted by atomic mass is 9.81. The van der Waals surface area contributed by atoms with Gasteiger partial charge in [0.25, 0.3) is 5.91 Å². The first-order valence-electron chi connectivity index (χ1n) is 8.95. The van der Waals surface area contributed by atoms with E-state index in [1.165, 1.54) is 4.68 Å². The average molecular weight is 356 g/mol. The molecule has 0 aromatic carbocycles. The summed E-state index contributed by atoms with van der Waals surface area (Å²) < 4.78 is 12.8. The minimum atomic E-state index is -0.611. The number of nitrogens with two attached hydrogens (primary N) is 2. The molecule has 0 bridgehead atoms. The molecule has 1 aliphatic heterocycles. The third kappa shape index (κ3) is 2.14. The van der Waals surface area contributed by atoms with Gasteiger partial charge in [0.15, 0.2) is 5.76 Å². The van der Waals surface area contributed by atoms with Crippen molar-refractivity contribution in [3.05, 3.63) is 28.8 Å². The molecule has 2 aliphatic carbocycles. The Bertz CT molecular complexity index is 931. The van der Waals surface area contributed by atoms with E-state index in [0.717, 1.165) is 49.1 Å². The number of furan rings is 1. The number of nitrogens with zero attached hydrogens (tertiary/aromatic N) is 2. The summed E-state index contributed by atoms with van der Waals surface area (Å²) in [7, 11) is 0. The molecule has 3 aliphatic rings. The number of primary amides is 2. The van der Waals surface area contributed by atoms with Crippen molar-refractivity contribution < 1.29 is 18.7 Å². The highest BCUT2D eigenvalue weighted by Gasteiger charge is 2.53. The highest BCUT2D eigenvalue weighted by atomic mass is 16.5. The molecule has 8 nitrogen and oxygen atoms in total. The predicted molar refractivity (Wildman–Crippen MR) is 90.7 cm³/mol. The van der Waals surface area contributed by atoms with E-state index in [9.17, 15) is 9.59 Å². The number of carbonyl (C=O) groups is 2. The van der Waals surface area contributed by atoms with Crippen LogP contribution in [0.25, 0.3) is 11.3 Å². The fourth-order valence-electron chi connectivity index (χ4n) is 4.45. The van der Waals surface area contributed by atoms with Gasteiger partial charge in [0.05, 0.1) is 11.8 Å². The van der Waals surface area contributed by atoms with Gasteiger partial charge in [0, 0.05) is 36.0 Å². The second kappa shape index (κ2) is 5.20. The standard InChI is InChI=1S/C18H20N4O4/c19-16(23)12-7-10-13(26-12)8-18(3-4-18)14-11(6-9-2-1-5-25-9)22(17(20)24)21-15(10)14/h7,9H,1-6,8H2,(H2,19,23)(H2,20,24)/t9-/m0/s1. The van der Waals surface area contributed by atoms with Gasteiger partial charge >= 0.3 is 6.03 Å². The van der Waals surface area contributed by atoms with Crippen molar-refractivity contribution in [2.45, 2.75) is 50.0 Å². The maximum atomic E-state index is 12.1. The first-order chi connectivity index (χ1) is 12.5. The third-order valence-corrected chi connectivity index (χ3v) is 5.82. The van der Waals surface area contributed by atoms with Crippen molar-refractivity contribution in [1.82, 2.24) is 9.78 Å². The highest BCUT2D eigenvalue weighted by molar-refractivity contribution is 5.92. The van der Waals surface area contributed by atoms with Crippen LogP contribution in [0.2, 0.25) is 0 Å². The van der Waals surface area contributed by atoms with Crippen LogP contribution in [0, 0.1) is 0 Å². The summed E-state index contributed by atoms with van der Waals surface area (Å²) in [6, 6.07) is 1.02. The second-order valence-corrected chi connectivity index (χ2v) is 7.53. The van der Waals surface area contributed by atoms with E-state index < -0.39 is 11.9 Å². The van der Waals surface area contributed by atoms with Gasteiger partial charge < -0.3 is 20.6 Å². The Morgan fingerprint density at radius 1 is 1.35 bits per heavy atom. The molecule has 8 heteroatoms. The zero-order valence-corrected chi connectivity index (χ0v) is 14.3. The SMILES string of the molecule is NC(=O)c1cc2c(o1)CC1(CC1)c1c-2nn(C(N)=O)c1C[C@@H]1CCCO1. The lowest BCUT2D eigenvalue weighted by Gasteiger charge is -2.22. The summed E-state index contributed by atoms with van der Waals surface area (Å²) in [5, 5.41) is 4.52. The van der Waals surface area contributed by atoms with Crippen LogP contribution in [0.5, 0.6) is 0 Å². The molecule has 1 spiro atoms. The van der Waals surface area contributed by atoms with Crippen molar-refractivity contribution in [1.29, 1.82) is 0 Å². The third-order valence-electron chi connectivity index (χ3n) is 5.82. The molecule has 136 valence electrons. The first-order valence-corrected chi connectivity index (χ1v) is 8.95. The quantitative estimate of drug-likeness (QED) is 0.861. The largest absolute Gasteiger partial charge is 0.455 e. The highest BCUT2D eigenvalue weighted by Crippen LogP contribution is 2.58. The van der Waals surface area contributed by atoms with Crippen molar-refractivity contribution in [3.63, 3.8) is 0 Å². The van der Waals surface area contributed by atoms with Crippen molar-refractivity contribution in [2.24, 2.45) is 11.5 Å². The van der Waals surface area contributed by atoms with E-state index in [2.05, 4.69) is 5.10 Å². The van der Waals surface area contributed by atoms with E-state index in [1.54, 1.807) is 6.07 Å². The monoisotopic (exact) mass is 356 g/mol. The van der Waals surface area contributed by atoms with E-state index in [1.807, 2.05) is 0 Å². The number of ether oxygens (including phenoxy) is 1. The molecular weight excluding hydrogens is 336 g/mol. The maximum absolute atomic E-state index is 12.1. The topological polar surface area (TPSA) is 126 Å². The Morgan fingerprint density at radius 3 is 2.77 bits per heavy atom. The molecule has 2 aromatic heterocycles. The second-order valence-electron chi connectivity index (χ2n) is 7.53. The molecule has 2 aromatic rings. The summed E-state index contributed by atoms with van der Waals surface area (Å²) in [5.74, 6) is 0.217. The predicted octanol–water partition coefficient (Wildman–Crippen LogP) is 1.48. The molecule has 3 heterocycles. The zero-order valence-electron chi connectivity index (χ0n) is 14.3. The molecule has 2 fully saturated rings. The molecule has 2 amide bonds. The van der Waals surface area contributed by atoms with E-state index in [4.69, 9.17) is 20.6 Å². The molecule has 1 saturated carbocycles. The zero-order chi connectivity index (χ0) is 18.1. The fourth-order valence-corrected chi connectivity index (χ4v) is 4.45. The maximum Gasteiger partial charge on any atom is 0.339 e. The summed E-state index contributed by atoms with van der Waals surface area (Å²) in [4.78, 5) is 23.6. The van der Waals surface area contributed by atoms with E-state index in [0.29, 0.717) is 24.3 Å². The lowest BCUT2D eigenvalue weighted by molar-refractivity contribution is 0.0971. The molecule has 4 N–H and O–H groups in total. The van der Waals surface area contributed by atoms with Gasteiger partial charge in [0.1, 0.15) is 11.5 Å². The van der Waals surface area contributed by atoms with Gasteiger partial charge in [-0.1, -0.05) is 0 Å². The van der Waals surface area contributed by atoms with Crippen LogP contribution in [-0.2, 0) is 23.0 Å². The van der Waals surface area contributed by atoms with Crippen LogP contribution in [-0.4, -0.2) is 34.4 Å². The lowest BCUT2D eigenvalue weighted by Crippen LogP contribution is -2.26. The van der Waals surface area contributed by atoms with Gasteiger partial charge in [-0.15, -0.1) is 0 Å². The van der Waals surface area contributed by atoms with Crippen LogP contribution in [0.3, 0.4) is 0 Å². The molecule has 26 heavy (non-hydrogen) atoms. The first kappa shape index (κ1) is 15.6. The molecule has 0 unspecified atom stereocenters. The Kier molecular flexibility index (Phi) is 3.13. The molecule has 5 rings (SSSR count). The Labute approximate surface area is 149 Å². The minimum Gasteiger partial charge on any atom is -0.455 e. The molecule has 0 radical (unpaired) electrons. The number of amides is 2. The van der Waals surface area contributed by atoms with Gasteiger partial charge in [-0.2, -0.15) is 9.78 Å². The van der Waals surface area contributed by atoms with Crippen molar-refractivity contribution >= 4 is 11.9 Å². The van der Waals surface area contributed by atoms with E-state index >= 15 is 0 Å². The summed E-state index contributed by atoms with van der Waals surface area (Å²) >= 11 is 0. The van der Waals surface area contributed by atoms with Crippen molar-refractivity contribution in [2.75, 3.05) is 6.61 Å². The van der Waals surface area contributed by atoms with Gasteiger partial charge in [0.2, 0.25) is 0 Å². The molecule has 1 saturated heterocycles. The number of hydrogen-bond donors (Lipinski definition) is 2. The summed E-state index contributed by atoms with van der Waals surface area (Å²) in [6.45, 7) is 0.747. The molecule has 1 atom stereocenters. The Hall–Kier alpha value is -2.61. The Balaban J connectivity index is 1.69. The minimum absolute atomic E-state index is 0.0802. The normalized spacial score (nSPS) is 22.2. The van der Waals surface area contributed by atoms with Crippen LogP contribution in [0.1, 0.15) is 53.3 Å². The number of hydrogen-bond acceptors (Lipinski definition) is 5. The fraction of sp³-hybridized carbons (Fsp3) is 0.500. The van der Waals surface area contributed by atoms with E-state index in [-0.39, 0.29) is 17.3 Å². The number of rotatable bonds is 3. The van der Waals surface area contributed by atoms with Crippen LogP contribution < -0.4 is 11.5 Å². The molecular formula is C18H20N4O4. The summed E-state index contributed by atoms with van der Waals surface area (Å²) in [6.07, 6.45) is 5.36. The van der Waals surface area contributed by atoms with Gasteiger partial charge in [-0.05, 0) is 31.7 Å². The van der Waals surface area contributed by atoms with Crippen molar-refractivity contribution in [3.8, 4) is 11.3 Å². The average Bonchev–Trinajstić information content (AvgIpc) is 3.00. The number of carbonyl (C=O) groups excluding carboxylic acids is 2. The van der Waals surface area contributed by atoms with Gasteiger partial charge in [-0.3, -0.25) is 4.79 Å². The number of fused-ring (bicyclic) bond motifs is 4. The summed E-state index contributed by atoms with van der Waals surface area (Å²) in [5.41, 5.74) is 14.2. The number of aromatic nitrogens is 2. The van der Waals surface area contributed by atoms with Gasteiger partial charge in [-0.25, -0.2) is 4.79 Å². The van der Waals surface area contributed by atoms with Crippen LogP contribution in [0.4, 0.5) is 4.79 Å². The Morgan fingerprint density at radius 2 is 2.15 bits per heavy atom. The van der Waals surface area contributed by atoms with Crippen LogP contribution in [0.15, 0.2) is 10.5 Å². The smallest absolute Gasteiger partial charge is 0.339 e.